The number of halogens is 1. The normalized spacial score (nSPS) is 10.5. The van der Waals surface area contributed by atoms with Crippen molar-refractivity contribution in [2.45, 2.75) is 0 Å². The minimum absolute atomic E-state index is 0.122. The van der Waals surface area contributed by atoms with Crippen molar-refractivity contribution in [3.05, 3.63) is 101 Å². The Morgan fingerprint density at radius 1 is 0.742 bits per heavy atom. The summed E-state index contributed by atoms with van der Waals surface area (Å²) in [5.74, 6) is 0.140. The molecule has 0 saturated heterocycles. The van der Waals surface area contributed by atoms with Crippen LogP contribution in [-0.2, 0) is 4.79 Å². The fraction of sp³-hybridized carbons (Fsp3) is 0.0400. The molecule has 0 atom stereocenters. The van der Waals surface area contributed by atoms with E-state index in [4.69, 9.17) is 4.74 Å². The second-order valence-electron chi connectivity index (χ2n) is 6.83. The van der Waals surface area contributed by atoms with Gasteiger partial charge in [-0.15, -0.1) is 0 Å². The quantitative estimate of drug-likeness (QED) is 0.367. The van der Waals surface area contributed by atoms with Crippen LogP contribution in [-0.4, -0.2) is 18.4 Å². The first-order valence-corrected chi connectivity index (χ1v) is 10.5. The molecule has 0 aliphatic rings. The first kappa shape index (κ1) is 20.6. The molecule has 0 bridgehead atoms. The zero-order chi connectivity index (χ0) is 21.6. The van der Waals surface area contributed by atoms with E-state index in [1.54, 1.807) is 36.4 Å². The van der Waals surface area contributed by atoms with E-state index < -0.39 is 0 Å². The third-order valence-electron chi connectivity index (χ3n) is 4.65. The van der Waals surface area contributed by atoms with Crippen LogP contribution >= 0.6 is 15.9 Å². The average molecular weight is 475 g/mol. The van der Waals surface area contributed by atoms with E-state index in [0.717, 1.165) is 15.2 Å². The molecule has 31 heavy (non-hydrogen) atoms. The molecule has 2 amide bonds. The Hall–Kier alpha value is -3.64. The summed E-state index contributed by atoms with van der Waals surface area (Å²) in [7, 11) is 0. The van der Waals surface area contributed by atoms with Gasteiger partial charge in [0.05, 0.1) is 4.47 Å². The monoisotopic (exact) mass is 474 g/mol. The summed E-state index contributed by atoms with van der Waals surface area (Å²) in [6, 6.07) is 27.6. The standard InChI is InChI=1S/C25H19BrN2O3/c26-24-21-9-5-4-6-17(21)10-15-22(24)31-16-23(29)27-19-11-13-20(14-12-19)28-25(30)18-7-2-1-3-8-18/h1-15H,16H2,(H,27,29)(H,28,30). The van der Waals surface area contributed by atoms with Crippen molar-refractivity contribution < 1.29 is 14.3 Å². The average Bonchev–Trinajstić information content (AvgIpc) is 2.80. The fourth-order valence-corrected chi connectivity index (χ4v) is 3.70. The van der Waals surface area contributed by atoms with Crippen LogP contribution in [0.15, 0.2) is 95.5 Å². The van der Waals surface area contributed by atoms with Gasteiger partial charge in [-0.1, -0.05) is 48.5 Å². The molecule has 0 aliphatic carbocycles. The smallest absolute Gasteiger partial charge is 0.262 e. The molecule has 6 heteroatoms. The van der Waals surface area contributed by atoms with E-state index in [1.807, 2.05) is 54.6 Å². The maximum atomic E-state index is 12.3. The maximum Gasteiger partial charge on any atom is 0.262 e. The predicted molar refractivity (Wildman–Crippen MR) is 127 cm³/mol. The van der Waals surface area contributed by atoms with Gasteiger partial charge in [0.25, 0.3) is 11.8 Å². The SMILES string of the molecule is O=C(COc1ccc2ccccc2c1Br)Nc1ccc(NC(=O)c2ccccc2)cc1. The highest BCUT2D eigenvalue weighted by atomic mass is 79.9. The molecule has 0 aromatic heterocycles. The number of nitrogens with one attached hydrogen (secondary N) is 2. The molecule has 5 nitrogen and oxygen atoms in total. The number of carbonyl (C=O) groups excluding carboxylic acids is 2. The molecule has 4 aromatic rings. The van der Waals surface area contributed by atoms with Gasteiger partial charge >= 0.3 is 0 Å². The number of hydrogen-bond donors (Lipinski definition) is 2. The summed E-state index contributed by atoms with van der Waals surface area (Å²) < 4.78 is 6.50. The first-order chi connectivity index (χ1) is 15.1. The minimum atomic E-state index is -0.277. The second-order valence-corrected chi connectivity index (χ2v) is 7.63. The van der Waals surface area contributed by atoms with Crippen molar-refractivity contribution in [1.82, 2.24) is 0 Å². The van der Waals surface area contributed by atoms with Gasteiger partial charge in [-0.25, -0.2) is 0 Å². The third kappa shape index (κ3) is 5.10. The zero-order valence-corrected chi connectivity index (χ0v) is 18.1. The molecule has 0 heterocycles. The lowest BCUT2D eigenvalue weighted by Gasteiger charge is -2.11. The molecule has 0 saturated carbocycles. The number of rotatable bonds is 6. The topological polar surface area (TPSA) is 67.4 Å². The highest BCUT2D eigenvalue weighted by Gasteiger charge is 2.10. The van der Waals surface area contributed by atoms with Crippen LogP contribution in [0, 0.1) is 0 Å². The largest absolute Gasteiger partial charge is 0.483 e. The van der Waals surface area contributed by atoms with E-state index >= 15 is 0 Å². The Morgan fingerprint density at radius 2 is 1.39 bits per heavy atom. The number of carbonyl (C=O) groups is 2. The van der Waals surface area contributed by atoms with E-state index in [-0.39, 0.29) is 18.4 Å². The molecule has 4 aromatic carbocycles. The summed E-state index contributed by atoms with van der Waals surface area (Å²) >= 11 is 3.55. The van der Waals surface area contributed by atoms with Gasteiger partial charge in [0.2, 0.25) is 0 Å². The fourth-order valence-electron chi connectivity index (χ4n) is 3.10. The Balaban J connectivity index is 1.33. The van der Waals surface area contributed by atoms with Crippen LogP contribution in [0.1, 0.15) is 10.4 Å². The van der Waals surface area contributed by atoms with Gasteiger partial charge in [0.15, 0.2) is 6.61 Å². The van der Waals surface area contributed by atoms with E-state index in [9.17, 15) is 9.59 Å². The van der Waals surface area contributed by atoms with E-state index in [2.05, 4.69) is 26.6 Å². The van der Waals surface area contributed by atoms with Crippen LogP contribution in [0.3, 0.4) is 0 Å². The molecule has 2 N–H and O–H groups in total. The van der Waals surface area contributed by atoms with Gasteiger partial charge in [-0.2, -0.15) is 0 Å². The lowest BCUT2D eigenvalue weighted by atomic mass is 10.1. The molecule has 0 aliphatic heterocycles. The van der Waals surface area contributed by atoms with Crippen LogP contribution in [0.5, 0.6) is 5.75 Å². The third-order valence-corrected chi connectivity index (χ3v) is 5.47. The van der Waals surface area contributed by atoms with Gasteiger partial charge in [-0.3, -0.25) is 9.59 Å². The highest BCUT2D eigenvalue weighted by molar-refractivity contribution is 9.10. The van der Waals surface area contributed by atoms with Crippen molar-refractivity contribution in [2.24, 2.45) is 0 Å². The van der Waals surface area contributed by atoms with Gasteiger partial charge < -0.3 is 15.4 Å². The Bertz CT molecular complexity index is 1220. The van der Waals surface area contributed by atoms with E-state index in [1.165, 1.54) is 0 Å². The van der Waals surface area contributed by atoms with Crippen molar-refractivity contribution in [3.63, 3.8) is 0 Å². The molecular weight excluding hydrogens is 456 g/mol. The molecule has 154 valence electrons. The number of fused-ring (bicyclic) bond motifs is 1. The van der Waals surface area contributed by atoms with E-state index in [0.29, 0.717) is 22.7 Å². The van der Waals surface area contributed by atoms with Crippen LogP contribution in [0.2, 0.25) is 0 Å². The Morgan fingerprint density at radius 3 is 2.13 bits per heavy atom. The molecule has 0 radical (unpaired) electrons. The van der Waals surface area contributed by atoms with Crippen LogP contribution in [0.25, 0.3) is 10.8 Å². The van der Waals surface area contributed by atoms with Crippen molar-refractivity contribution in [2.75, 3.05) is 17.2 Å². The summed E-state index contributed by atoms with van der Waals surface area (Å²) in [6.45, 7) is -0.122. The molecule has 0 unspecified atom stereocenters. The van der Waals surface area contributed by atoms with Gasteiger partial charge in [0, 0.05) is 16.9 Å². The number of ether oxygens (including phenoxy) is 1. The summed E-state index contributed by atoms with van der Waals surface area (Å²) in [5.41, 5.74) is 1.84. The molecular formula is C25H19BrN2O3. The summed E-state index contributed by atoms with van der Waals surface area (Å²) in [5, 5.41) is 7.72. The minimum Gasteiger partial charge on any atom is -0.483 e. The maximum absolute atomic E-state index is 12.3. The van der Waals surface area contributed by atoms with Gasteiger partial charge in [-0.05, 0) is 69.2 Å². The lowest BCUT2D eigenvalue weighted by molar-refractivity contribution is -0.118. The number of anilines is 2. The molecule has 0 spiro atoms. The van der Waals surface area contributed by atoms with Gasteiger partial charge in [0.1, 0.15) is 5.75 Å². The predicted octanol–water partition coefficient (Wildman–Crippen LogP) is 5.87. The number of amides is 2. The zero-order valence-electron chi connectivity index (χ0n) is 16.5. The first-order valence-electron chi connectivity index (χ1n) is 9.66. The number of hydrogen-bond acceptors (Lipinski definition) is 3. The molecule has 4 rings (SSSR count). The van der Waals surface area contributed by atoms with Crippen molar-refractivity contribution >= 4 is 49.9 Å². The van der Waals surface area contributed by atoms with Crippen LogP contribution in [0.4, 0.5) is 11.4 Å². The lowest BCUT2D eigenvalue weighted by Crippen LogP contribution is -2.20. The Kier molecular flexibility index (Phi) is 6.29. The van der Waals surface area contributed by atoms with Crippen LogP contribution < -0.4 is 15.4 Å². The van der Waals surface area contributed by atoms with Crippen molar-refractivity contribution in [1.29, 1.82) is 0 Å². The highest BCUT2D eigenvalue weighted by Crippen LogP contribution is 2.33. The summed E-state index contributed by atoms with van der Waals surface area (Å²) in [6.07, 6.45) is 0. The molecule has 0 fully saturated rings. The second kappa shape index (κ2) is 9.45. The summed E-state index contributed by atoms with van der Waals surface area (Å²) in [4.78, 5) is 24.5. The number of benzene rings is 4. The van der Waals surface area contributed by atoms with Crippen molar-refractivity contribution in [3.8, 4) is 5.75 Å². The Labute approximate surface area is 188 Å².